The lowest BCUT2D eigenvalue weighted by atomic mass is 10.1. The Bertz CT molecular complexity index is 618. The van der Waals surface area contributed by atoms with Crippen LogP contribution in [0.5, 0.6) is 11.5 Å². The van der Waals surface area contributed by atoms with Gasteiger partial charge in [-0.05, 0) is 55.3 Å². The Morgan fingerprint density at radius 2 is 1.85 bits per heavy atom. The van der Waals surface area contributed by atoms with Crippen LogP contribution in [0.4, 0.5) is 0 Å². The Balaban J connectivity index is 2.17. The number of hydrogen-bond donors (Lipinski definition) is 0. The summed E-state index contributed by atoms with van der Waals surface area (Å²) in [6, 6.07) is 11.3. The summed E-state index contributed by atoms with van der Waals surface area (Å²) in [7, 11) is 1.61. The molecule has 0 aliphatic rings. The van der Waals surface area contributed by atoms with Gasteiger partial charge in [0.25, 0.3) is 0 Å². The summed E-state index contributed by atoms with van der Waals surface area (Å²) < 4.78 is 11.1. The molecule has 0 aliphatic carbocycles. The molecule has 20 heavy (non-hydrogen) atoms. The minimum absolute atomic E-state index is 0.368. The minimum atomic E-state index is 0.368. The second-order valence-corrected chi connectivity index (χ2v) is 4.72. The molecule has 2 aromatic carbocycles. The molecule has 3 heteroatoms. The third-order valence-corrected chi connectivity index (χ3v) is 3.31. The van der Waals surface area contributed by atoms with E-state index in [0.717, 1.165) is 23.3 Å². The lowest BCUT2D eigenvalue weighted by Crippen LogP contribution is -2.00. The fourth-order valence-electron chi connectivity index (χ4n) is 1.95. The van der Waals surface area contributed by atoms with E-state index in [4.69, 9.17) is 9.47 Å². The van der Waals surface area contributed by atoms with E-state index in [1.54, 1.807) is 25.3 Å². The van der Waals surface area contributed by atoms with Crippen molar-refractivity contribution < 1.29 is 14.3 Å². The molecule has 0 spiro atoms. The first-order valence-electron chi connectivity index (χ1n) is 6.46. The highest BCUT2D eigenvalue weighted by Gasteiger charge is 2.06. The monoisotopic (exact) mass is 270 g/mol. The van der Waals surface area contributed by atoms with Gasteiger partial charge in [-0.2, -0.15) is 0 Å². The van der Waals surface area contributed by atoms with Crippen molar-refractivity contribution >= 4 is 6.29 Å². The molecule has 0 bridgehead atoms. The molecule has 104 valence electrons. The summed E-state index contributed by atoms with van der Waals surface area (Å²) >= 11 is 0. The van der Waals surface area contributed by atoms with E-state index in [0.29, 0.717) is 12.2 Å². The Labute approximate surface area is 119 Å². The number of carbonyl (C=O) groups is 1. The lowest BCUT2D eigenvalue weighted by Gasteiger charge is -2.12. The Morgan fingerprint density at radius 3 is 2.50 bits per heavy atom. The van der Waals surface area contributed by atoms with Gasteiger partial charge >= 0.3 is 0 Å². The average molecular weight is 270 g/mol. The smallest absolute Gasteiger partial charge is 0.150 e. The van der Waals surface area contributed by atoms with Crippen LogP contribution >= 0.6 is 0 Å². The van der Waals surface area contributed by atoms with Crippen molar-refractivity contribution in [3.8, 4) is 11.5 Å². The maximum atomic E-state index is 10.8. The van der Waals surface area contributed by atoms with Crippen molar-refractivity contribution in [2.75, 3.05) is 7.11 Å². The van der Waals surface area contributed by atoms with E-state index in [2.05, 4.69) is 13.8 Å². The number of hydrogen-bond acceptors (Lipinski definition) is 3. The summed E-state index contributed by atoms with van der Waals surface area (Å²) in [5.41, 5.74) is 3.90. The van der Waals surface area contributed by atoms with Crippen LogP contribution in [0, 0.1) is 13.8 Å². The quantitative estimate of drug-likeness (QED) is 0.777. The van der Waals surface area contributed by atoms with Gasteiger partial charge in [0.15, 0.2) is 0 Å². The highest BCUT2D eigenvalue weighted by molar-refractivity contribution is 5.75. The van der Waals surface area contributed by atoms with E-state index >= 15 is 0 Å². The third-order valence-electron chi connectivity index (χ3n) is 3.31. The summed E-state index contributed by atoms with van der Waals surface area (Å²) in [5.74, 6) is 1.53. The normalized spacial score (nSPS) is 10.2. The molecule has 0 unspecified atom stereocenters. The van der Waals surface area contributed by atoms with Crippen LogP contribution in [0.3, 0.4) is 0 Å². The first-order valence-corrected chi connectivity index (χ1v) is 6.46. The number of benzene rings is 2. The molecule has 0 atom stereocenters. The van der Waals surface area contributed by atoms with Crippen LogP contribution in [0.15, 0.2) is 36.4 Å². The summed E-state index contributed by atoms with van der Waals surface area (Å²) in [5, 5.41) is 0. The van der Waals surface area contributed by atoms with Gasteiger partial charge in [0.05, 0.1) is 7.11 Å². The van der Waals surface area contributed by atoms with Crippen LogP contribution in [-0.2, 0) is 6.61 Å². The molecule has 0 heterocycles. The SMILES string of the molecule is COc1ccc(C=O)cc1COc1ccc(C)c(C)c1. The molecule has 0 amide bonds. The van der Waals surface area contributed by atoms with Gasteiger partial charge in [0.1, 0.15) is 24.4 Å². The minimum Gasteiger partial charge on any atom is -0.496 e. The molecule has 0 aliphatic heterocycles. The Morgan fingerprint density at radius 1 is 1.05 bits per heavy atom. The second-order valence-electron chi connectivity index (χ2n) is 4.72. The average Bonchev–Trinajstić information content (AvgIpc) is 2.48. The Hall–Kier alpha value is -2.29. The number of aryl methyl sites for hydroxylation is 2. The lowest BCUT2D eigenvalue weighted by molar-refractivity contribution is 0.112. The molecule has 2 aromatic rings. The highest BCUT2D eigenvalue weighted by atomic mass is 16.5. The molecule has 0 aromatic heterocycles. The largest absolute Gasteiger partial charge is 0.496 e. The molecule has 0 N–H and O–H groups in total. The topological polar surface area (TPSA) is 35.5 Å². The van der Waals surface area contributed by atoms with Gasteiger partial charge in [-0.15, -0.1) is 0 Å². The van der Waals surface area contributed by atoms with E-state index in [1.165, 1.54) is 11.1 Å². The second kappa shape index (κ2) is 6.24. The van der Waals surface area contributed by atoms with Crippen LogP contribution in [0.1, 0.15) is 27.0 Å². The molecule has 0 fully saturated rings. The number of aldehydes is 1. The highest BCUT2D eigenvalue weighted by Crippen LogP contribution is 2.23. The van der Waals surface area contributed by atoms with Gasteiger partial charge in [-0.3, -0.25) is 4.79 Å². The van der Waals surface area contributed by atoms with Gasteiger partial charge < -0.3 is 9.47 Å². The summed E-state index contributed by atoms with van der Waals surface area (Å²) in [6.07, 6.45) is 0.818. The summed E-state index contributed by atoms with van der Waals surface area (Å²) in [4.78, 5) is 10.8. The molecule has 0 saturated heterocycles. The third kappa shape index (κ3) is 3.18. The van der Waals surface area contributed by atoms with Crippen molar-refractivity contribution in [3.05, 3.63) is 58.7 Å². The van der Waals surface area contributed by atoms with E-state index in [9.17, 15) is 4.79 Å². The van der Waals surface area contributed by atoms with Gasteiger partial charge in [-0.25, -0.2) is 0 Å². The van der Waals surface area contributed by atoms with Gasteiger partial charge in [0, 0.05) is 11.1 Å². The molecule has 0 saturated carbocycles. The van der Waals surface area contributed by atoms with Crippen molar-refractivity contribution in [3.63, 3.8) is 0 Å². The first-order chi connectivity index (χ1) is 9.63. The first kappa shape index (κ1) is 14.1. The number of methoxy groups -OCH3 is 1. The van der Waals surface area contributed by atoms with E-state index in [-0.39, 0.29) is 0 Å². The maximum Gasteiger partial charge on any atom is 0.150 e. The number of carbonyl (C=O) groups excluding carboxylic acids is 1. The number of rotatable bonds is 5. The van der Waals surface area contributed by atoms with Crippen LogP contribution in [0.25, 0.3) is 0 Å². The van der Waals surface area contributed by atoms with Gasteiger partial charge in [-0.1, -0.05) is 6.07 Å². The molecular formula is C17H18O3. The van der Waals surface area contributed by atoms with Crippen molar-refractivity contribution in [2.45, 2.75) is 20.5 Å². The predicted octanol–water partition coefficient (Wildman–Crippen LogP) is 3.70. The van der Waals surface area contributed by atoms with Crippen LogP contribution < -0.4 is 9.47 Å². The van der Waals surface area contributed by atoms with Crippen LogP contribution in [-0.4, -0.2) is 13.4 Å². The maximum absolute atomic E-state index is 10.8. The van der Waals surface area contributed by atoms with Gasteiger partial charge in [0.2, 0.25) is 0 Å². The molecule has 0 radical (unpaired) electrons. The van der Waals surface area contributed by atoms with Crippen molar-refractivity contribution in [2.24, 2.45) is 0 Å². The van der Waals surface area contributed by atoms with Crippen LogP contribution in [0.2, 0.25) is 0 Å². The molecule has 2 rings (SSSR count). The van der Waals surface area contributed by atoms with E-state index in [1.807, 2.05) is 18.2 Å². The standard InChI is InChI=1S/C17H18O3/c1-12-4-6-16(8-13(12)2)20-11-15-9-14(10-18)5-7-17(15)19-3/h4-10H,11H2,1-3H3. The zero-order chi connectivity index (χ0) is 14.5. The number of ether oxygens (including phenoxy) is 2. The zero-order valence-corrected chi connectivity index (χ0v) is 12.0. The van der Waals surface area contributed by atoms with Crippen molar-refractivity contribution in [1.82, 2.24) is 0 Å². The Kier molecular flexibility index (Phi) is 4.41. The fraction of sp³-hybridized carbons (Fsp3) is 0.235. The molecule has 3 nitrogen and oxygen atoms in total. The summed E-state index contributed by atoms with van der Waals surface area (Å²) in [6.45, 7) is 4.48. The molecular weight excluding hydrogens is 252 g/mol. The fourth-order valence-corrected chi connectivity index (χ4v) is 1.95. The zero-order valence-electron chi connectivity index (χ0n) is 12.0. The van der Waals surface area contributed by atoms with Crippen molar-refractivity contribution in [1.29, 1.82) is 0 Å². The van der Waals surface area contributed by atoms with E-state index < -0.39 is 0 Å². The predicted molar refractivity (Wildman–Crippen MR) is 78.6 cm³/mol.